The number of hydrogen-bond acceptors (Lipinski definition) is 3. The van der Waals surface area contributed by atoms with Gasteiger partial charge in [-0.1, -0.05) is 6.92 Å². The fraction of sp³-hybridized carbons (Fsp3) is 1.00. The highest BCUT2D eigenvalue weighted by atomic mass is 16.5. The zero-order valence-electron chi connectivity index (χ0n) is 10.5. The van der Waals surface area contributed by atoms with Crippen LogP contribution < -0.4 is 0 Å². The predicted octanol–water partition coefficient (Wildman–Crippen LogP) is 1.44. The van der Waals surface area contributed by atoms with E-state index in [0.29, 0.717) is 0 Å². The van der Waals surface area contributed by atoms with Crippen molar-refractivity contribution < 1.29 is 4.74 Å². The molecule has 0 aromatic rings. The van der Waals surface area contributed by atoms with Crippen LogP contribution in [-0.4, -0.2) is 62.3 Å². The van der Waals surface area contributed by atoms with Gasteiger partial charge in [0.15, 0.2) is 0 Å². The quantitative estimate of drug-likeness (QED) is 0.622. The van der Waals surface area contributed by atoms with Gasteiger partial charge < -0.3 is 9.64 Å². The maximum atomic E-state index is 5.07. The standard InChI is InChI=1S/C12H26N2O/c1-4-12(2)14-9-7-13(8-10-14)6-5-11-15-3/h12H,4-11H2,1-3H3. The van der Waals surface area contributed by atoms with E-state index in [2.05, 4.69) is 23.6 Å². The monoisotopic (exact) mass is 214 g/mol. The number of piperazine rings is 1. The van der Waals surface area contributed by atoms with Gasteiger partial charge in [-0.3, -0.25) is 4.90 Å². The van der Waals surface area contributed by atoms with Crippen molar-refractivity contribution in [3.05, 3.63) is 0 Å². The molecular weight excluding hydrogens is 188 g/mol. The molecule has 1 unspecified atom stereocenters. The van der Waals surface area contributed by atoms with Crippen LogP contribution in [0.5, 0.6) is 0 Å². The van der Waals surface area contributed by atoms with Gasteiger partial charge in [-0.15, -0.1) is 0 Å². The summed E-state index contributed by atoms with van der Waals surface area (Å²) in [5.74, 6) is 0. The third-order valence-corrected chi connectivity index (χ3v) is 3.44. The van der Waals surface area contributed by atoms with E-state index in [1.165, 1.54) is 45.6 Å². The third-order valence-electron chi connectivity index (χ3n) is 3.44. The molecule has 3 nitrogen and oxygen atoms in total. The van der Waals surface area contributed by atoms with E-state index < -0.39 is 0 Å². The highest BCUT2D eigenvalue weighted by molar-refractivity contribution is 4.75. The van der Waals surface area contributed by atoms with E-state index >= 15 is 0 Å². The lowest BCUT2D eigenvalue weighted by Crippen LogP contribution is -2.49. The van der Waals surface area contributed by atoms with Crippen molar-refractivity contribution in [2.75, 3.05) is 46.4 Å². The zero-order chi connectivity index (χ0) is 11.1. The van der Waals surface area contributed by atoms with Gasteiger partial charge in [0.1, 0.15) is 0 Å². The van der Waals surface area contributed by atoms with Crippen molar-refractivity contribution in [1.29, 1.82) is 0 Å². The van der Waals surface area contributed by atoms with Crippen molar-refractivity contribution in [1.82, 2.24) is 9.80 Å². The molecule has 0 aliphatic carbocycles. The summed E-state index contributed by atoms with van der Waals surface area (Å²) in [5.41, 5.74) is 0. The summed E-state index contributed by atoms with van der Waals surface area (Å²) in [6.45, 7) is 11.6. The van der Waals surface area contributed by atoms with Crippen LogP contribution in [0.1, 0.15) is 26.7 Å². The minimum atomic E-state index is 0.756. The Kier molecular flexibility index (Phi) is 6.22. The molecule has 0 radical (unpaired) electrons. The second-order valence-electron chi connectivity index (χ2n) is 4.48. The lowest BCUT2D eigenvalue weighted by molar-refractivity contribution is 0.0919. The van der Waals surface area contributed by atoms with Gasteiger partial charge in [-0.2, -0.15) is 0 Å². The molecule has 15 heavy (non-hydrogen) atoms. The van der Waals surface area contributed by atoms with Crippen LogP contribution in [0.4, 0.5) is 0 Å². The van der Waals surface area contributed by atoms with E-state index in [-0.39, 0.29) is 0 Å². The zero-order valence-corrected chi connectivity index (χ0v) is 10.5. The summed E-state index contributed by atoms with van der Waals surface area (Å²) < 4.78 is 5.07. The molecule has 1 fully saturated rings. The molecular formula is C12H26N2O. The number of hydrogen-bond donors (Lipinski definition) is 0. The molecule has 1 heterocycles. The molecule has 1 aliphatic rings. The van der Waals surface area contributed by atoms with E-state index in [9.17, 15) is 0 Å². The number of nitrogens with zero attached hydrogens (tertiary/aromatic N) is 2. The molecule has 90 valence electrons. The number of methoxy groups -OCH3 is 1. The van der Waals surface area contributed by atoms with Crippen LogP contribution in [-0.2, 0) is 4.74 Å². The van der Waals surface area contributed by atoms with Gasteiger partial charge in [0, 0.05) is 52.5 Å². The summed E-state index contributed by atoms with van der Waals surface area (Å²) in [4.78, 5) is 5.16. The van der Waals surface area contributed by atoms with Crippen LogP contribution in [0.3, 0.4) is 0 Å². The molecule has 0 spiro atoms. The average Bonchev–Trinajstić information content (AvgIpc) is 2.29. The first-order valence-electron chi connectivity index (χ1n) is 6.23. The van der Waals surface area contributed by atoms with Crippen molar-refractivity contribution >= 4 is 0 Å². The third kappa shape index (κ3) is 4.49. The van der Waals surface area contributed by atoms with Gasteiger partial charge in [-0.05, 0) is 19.8 Å². The average molecular weight is 214 g/mol. The summed E-state index contributed by atoms with van der Waals surface area (Å²) in [6.07, 6.45) is 2.43. The summed E-state index contributed by atoms with van der Waals surface area (Å²) in [7, 11) is 1.78. The van der Waals surface area contributed by atoms with Crippen LogP contribution in [0, 0.1) is 0 Å². The summed E-state index contributed by atoms with van der Waals surface area (Å²) >= 11 is 0. The minimum absolute atomic E-state index is 0.756. The molecule has 1 rings (SSSR count). The molecule has 1 atom stereocenters. The fourth-order valence-electron chi connectivity index (χ4n) is 2.12. The second-order valence-corrected chi connectivity index (χ2v) is 4.48. The smallest absolute Gasteiger partial charge is 0.0474 e. The first-order valence-corrected chi connectivity index (χ1v) is 6.23. The van der Waals surface area contributed by atoms with E-state index in [4.69, 9.17) is 4.74 Å². The maximum Gasteiger partial charge on any atom is 0.0474 e. The Morgan fingerprint density at radius 1 is 1.20 bits per heavy atom. The summed E-state index contributed by atoms with van der Waals surface area (Å²) in [5, 5.41) is 0. The molecule has 0 saturated carbocycles. The minimum Gasteiger partial charge on any atom is -0.385 e. The van der Waals surface area contributed by atoms with Crippen molar-refractivity contribution in [2.45, 2.75) is 32.7 Å². The Balaban J connectivity index is 2.12. The van der Waals surface area contributed by atoms with E-state index in [1.807, 2.05) is 0 Å². The first kappa shape index (κ1) is 12.9. The van der Waals surface area contributed by atoms with Gasteiger partial charge in [0.25, 0.3) is 0 Å². The molecule has 1 saturated heterocycles. The molecule has 0 aromatic heterocycles. The van der Waals surface area contributed by atoms with Gasteiger partial charge in [-0.25, -0.2) is 0 Å². The van der Waals surface area contributed by atoms with Crippen LogP contribution in [0.2, 0.25) is 0 Å². The van der Waals surface area contributed by atoms with Crippen molar-refractivity contribution in [3.63, 3.8) is 0 Å². The Morgan fingerprint density at radius 3 is 2.40 bits per heavy atom. The summed E-state index contributed by atoms with van der Waals surface area (Å²) in [6, 6.07) is 0.756. The van der Waals surface area contributed by atoms with Gasteiger partial charge >= 0.3 is 0 Å². The molecule has 1 aliphatic heterocycles. The van der Waals surface area contributed by atoms with Gasteiger partial charge in [0.2, 0.25) is 0 Å². The van der Waals surface area contributed by atoms with E-state index in [1.54, 1.807) is 7.11 Å². The highest BCUT2D eigenvalue weighted by Gasteiger charge is 2.19. The molecule has 0 aromatic carbocycles. The Labute approximate surface area is 94.4 Å². The topological polar surface area (TPSA) is 15.7 Å². The van der Waals surface area contributed by atoms with Crippen molar-refractivity contribution in [2.24, 2.45) is 0 Å². The van der Waals surface area contributed by atoms with Crippen LogP contribution in [0.25, 0.3) is 0 Å². The van der Waals surface area contributed by atoms with Gasteiger partial charge in [0.05, 0.1) is 0 Å². The van der Waals surface area contributed by atoms with Crippen LogP contribution >= 0.6 is 0 Å². The largest absolute Gasteiger partial charge is 0.385 e. The highest BCUT2D eigenvalue weighted by Crippen LogP contribution is 2.08. The van der Waals surface area contributed by atoms with Crippen LogP contribution in [0.15, 0.2) is 0 Å². The lowest BCUT2D eigenvalue weighted by atomic mass is 10.2. The lowest BCUT2D eigenvalue weighted by Gasteiger charge is -2.37. The second kappa shape index (κ2) is 7.20. The predicted molar refractivity (Wildman–Crippen MR) is 64.3 cm³/mol. The molecule has 3 heteroatoms. The molecule has 0 bridgehead atoms. The van der Waals surface area contributed by atoms with E-state index in [0.717, 1.165) is 12.6 Å². The first-order chi connectivity index (χ1) is 7.27. The Bertz CT molecular complexity index is 156. The maximum absolute atomic E-state index is 5.07. The molecule has 0 amide bonds. The van der Waals surface area contributed by atoms with Crippen molar-refractivity contribution in [3.8, 4) is 0 Å². The fourth-order valence-corrected chi connectivity index (χ4v) is 2.12. The number of rotatable bonds is 6. The number of ether oxygens (including phenoxy) is 1. The SMILES string of the molecule is CCC(C)N1CCN(CCCOC)CC1. The Morgan fingerprint density at radius 2 is 1.87 bits per heavy atom. The normalized spacial score (nSPS) is 21.8. The Hall–Kier alpha value is -0.120. The molecule has 0 N–H and O–H groups in total.